The Labute approximate surface area is 361 Å². The van der Waals surface area contributed by atoms with E-state index in [-0.39, 0.29) is 67.2 Å². The van der Waals surface area contributed by atoms with Crippen LogP contribution < -0.4 is 16.0 Å². The van der Waals surface area contributed by atoms with Gasteiger partial charge in [-0.25, -0.2) is 10.0 Å². The molecular weight excluding hydrogens is 783 g/mol. The second-order valence-electron chi connectivity index (χ2n) is 17.4. The van der Waals surface area contributed by atoms with Crippen molar-refractivity contribution in [2.24, 2.45) is 23.2 Å². The lowest BCUT2D eigenvalue weighted by Crippen LogP contribution is -2.49. The molecule has 1 aromatic carbocycles. The molecule has 1 fully saturated rings. The van der Waals surface area contributed by atoms with Gasteiger partial charge in [0.05, 0.1) is 24.1 Å². The molecule has 4 N–H and O–H groups in total. The number of hydroxylamine groups is 2. The molecule has 1 saturated heterocycles. The van der Waals surface area contributed by atoms with Crippen molar-refractivity contribution in [3.8, 4) is 12.3 Å². The first-order chi connectivity index (χ1) is 28.4. The van der Waals surface area contributed by atoms with Crippen LogP contribution in [0.25, 0.3) is 0 Å². The Balaban J connectivity index is 1.93. The molecule has 2 amide bonds. The highest BCUT2D eigenvalue weighted by molar-refractivity contribution is 7.09. The molecule has 60 heavy (non-hydrogen) atoms. The Kier molecular flexibility index (Phi) is 20.2. The van der Waals surface area contributed by atoms with Crippen molar-refractivity contribution in [1.82, 2.24) is 20.7 Å². The van der Waals surface area contributed by atoms with Gasteiger partial charge in [-0.2, -0.15) is 0 Å². The van der Waals surface area contributed by atoms with E-state index in [1.807, 2.05) is 65.8 Å². The predicted molar refractivity (Wildman–Crippen MR) is 235 cm³/mol. The van der Waals surface area contributed by atoms with Crippen molar-refractivity contribution in [2.45, 2.75) is 157 Å². The number of nitrogens with zero attached hydrogens (tertiary/aromatic N) is 2. The van der Waals surface area contributed by atoms with Crippen LogP contribution in [-0.2, 0) is 35.2 Å². The SMILES string of the molecule is C#CCCCON(C(=O)C(CC(=O)[C@H]1CCCCN1)[C@@H](C)CC)[C@H](C[C@@H](OC(C)=O)c1nc(C(=O)N[C@@H](Cc2ccc(NC(C)C)cc2)CC(C)(C)C(=O)O)cs1)C(C)C. The number of carbonyl (C=O) groups is 5. The van der Waals surface area contributed by atoms with E-state index < -0.39 is 47.4 Å². The van der Waals surface area contributed by atoms with E-state index in [1.54, 1.807) is 19.2 Å². The summed E-state index contributed by atoms with van der Waals surface area (Å²) in [6.07, 6.45) is 9.65. The van der Waals surface area contributed by atoms with Gasteiger partial charge in [-0.15, -0.1) is 23.7 Å². The van der Waals surface area contributed by atoms with Crippen molar-refractivity contribution >= 4 is 46.6 Å². The zero-order chi connectivity index (χ0) is 44.6. The molecule has 6 atom stereocenters. The number of amides is 2. The molecule has 0 spiro atoms. The standard InChI is InChI=1S/C46H69N5O8S/c1-11-13-16-23-58-51(44(55)36(31(7)12-2)25-40(53)37-17-14-15-22-47-37)39(29(3)4)26-41(59-32(8)52)43-50-38(28-60-43)42(54)49-35(27-46(9,10)45(56)57)24-33-18-20-34(21-19-33)48-30(5)6/h1,18-21,28-31,35-37,39,41,47-48H,12-17,22-27H2,2-10H3,(H,49,54)(H,56,57)/t31-,35-,36?,37+,39+,41+/m0/s1. The fraction of sp³-hybridized carbons (Fsp3) is 0.652. The first-order valence-electron chi connectivity index (χ1n) is 21.5. The van der Waals surface area contributed by atoms with Crippen LogP contribution in [0.1, 0.15) is 147 Å². The van der Waals surface area contributed by atoms with Crippen LogP contribution in [0.15, 0.2) is 29.6 Å². The van der Waals surface area contributed by atoms with Gasteiger partial charge in [0, 0.05) is 55.3 Å². The molecule has 2 aromatic rings. The summed E-state index contributed by atoms with van der Waals surface area (Å²) in [7, 11) is 0. The third-order valence-electron chi connectivity index (χ3n) is 11.1. The van der Waals surface area contributed by atoms with Gasteiger partial charge in [-0.05, 0) is 95.9 Å². The number of aliphatic carboxylic acids is 1. The summed E-state index contributed by atoms with van der Waals surface area (Å²) in [4.78, 5) is 77.8. The maximum Gasteiger partial charge on any atom is 0.309 e. The van der Waals surface area contributed by atoms with Gasteiger partial charge >= 0.3 is 11.9 Å². The summed E-state index contributed by atoms with van der Waals surface area (Å²) in [5, 5.41) is 23.0. The number of hydrogen-bond donors (Lipinski definition) is 4. The number of rotatable bonds is 25. The maximum absolute atomic E-state index is 14.7. The van der Waals surface area contributed by atoms with E-state index >= 15 is 0 Å². The highest BCUT2D eigenvalue weighted by Crippen LogP contribution is 2.34. The lowest BCUT2D eigenvalue weighted by Gasteiger charge is -2.38. The van der Waals surface area contributed by atoms with E-state index in [2.05, 4.69) is 26.9 Å². The minimum absolute atomic E-state index is 0.0127. The fourth-order valence-corrected chi connectivity index (χ4v) is 8.25. The molecule has 1 aliphatic heterocycles. The van der Waals surface area contributed by atoms with Gasteiger partial charge in [0.15, 0.2) is 11.9 Å². The van der Waals surface area contributed by atoms with Crippen LogP contribution >= 0.6 is 11.3 Å². The number of hydrogen-bond acceptors (Lipinski definition) is 11. The number of carboxylic acids is 1. The van der Waals surface area contributed by atoms with Crippen LogP contribution in [0.3, 0.4) is 0 Å². The second kappa shape index (κ2) is 24.2. The number of aromatic nitrogens is 1. The quantitative estimate of drug-likeness (QED) is 0.0333. The third-order valence-corrected chi connectivity index (χ3v) is 12.0. The molecule has 2 heterocycles. The molecule has 0 bridgehead atoms. The molecule has 14 heteroatoms. The van der Waals surface area contributed by atoms with Crippen LogP contribution in [0, 0.1) is 35.5 Å². The van der Waals surface area contributed by atoms with Crippen LogP contribution in [0.5, 0.6) is 0 Å². The van der Waals surface area contributed by atoms with Crippen molar-refractivity contribution in [1.29, 1.82) is 0 Å². The zero-order valence-electron chi connectivity index (χ0n) is 37.2. The number of carboxylic acid groups (broad SMARTS) is 1. The minimum atomic E-state index is -1.13. The van der Waals surface area contributed by atoms with Gasteiger partial charge in [0.2, 0.25) is 5.91 Å². The summed E-state index contributed by atoms with van der Waals surface area (Å²) in [6.45, 7) is 17.5. The van der Waals surface area contributed by atoms with Gasteiger partial charge in [0.25, 0.3) is 5.91 Å². The van der Waals surface area contributed by atoms with Gasteiger partial charge in [0.1, 0.15) is 10.7 Å². The predicted octanol–water partition coefficient (Wildman–Crippen LogP) is 7.76. The number of esters is 1. The third kappa shape index (κ3) is 15.6. The molecule has 332 valence electrons. The summed E-state index contributed by atoms with van der Waals surface area (Å²) in [5.41, 5.74) is 0.845. The highest BCUT2D eigenvalue weighted by Gasteiger charge is 2.40. The monoisotopic (exact) mass is 851 g/mol. The van der Waals surface area contributed by atoms with Gasteiger partial charge < -0.3 is 25.8 Å². The number of Topliss-reactive ketones (excluding diaryl/α,β-unsaturated/α-hetero) is 1. The van der Waals surface area contributed by atoms with E-state index in [4.69, 9.17) is 16.0 Å². The zero-order valence-corrected chi connectivity index (χ0v) is 38.0. The largest absolute Gasteiger partial charge is 0.481 e. The summed E-state index contributed by atoms with van der Waals surface area (Å²) >= 11 is 1.15. The molecule has 0 saturated carbocycles. The van der Waals surface area contributed by atoms with Crippen LogP contribution in [0.2, 0.25) is 0 Å². The van der Waals surface area contributed by atoms with E-state index in [9.17, 15) is 29.1 Å². The van der Waals surface area contributed by atoms with Crippen molar-refractivity contribution in [2.75, 3.05) is 18.5 Å². The molecule has 0 aliphatic carbocycles. The van der Waals surface area contributed by atoms with Crippen LogP contribution in [0.4, 0.5) is 5.69 Å². The second-order valence-corrected chi connectivity index (χ2v) is 18.3. The maximum atomic E-state index is 14.7. The molecule has 3 rings (SSSR count). The number of anilines is 1. The molecule has 13 nitrogen and oxygen atoms in total. The first-order valence-corrected chi connectivity index (χ1v) is 22.4. The molecule has 1 aliphatic rings. The van der Waals surface area contributed by atoms with Crippen LogP contribution in [-0.4, -0.2) is 82.0 Å². The van der Waals surface area contributed by atoms with Crippen molar-refractivity contribution < 1.29 is 38.7 Å². The van der Waals surface area contributed by atoms with E-state index in [0.29, 0.717) is 30.7 Å². The lowest BCUT2D eigenvalue weighted by atomic mass is 9.83. The number of carbonyl (C=O) groups excluding carboxylic acids is 4. The number of terminal acetylenes is 1. The normalized spacial score (nSPS) is 16.9. The number of piperidine rings is 1. The molecule has 0 radical (unpaired) electrons. The number of benzene rings is 1. The lowest BCUT2D eigenvalue weighted by molar-refractivity contribution is -0.215. The Morgan fingerprint density at radius 2 is 1.80 bits per heavy atom. The Bertz CT molecular complexity index is 1750. The smallest absolute Gasteiger partial charge is 0.309 e. The number of thiazole rings is 1. The van der Waals surface area contributed by atoms with Crippen molar-refractivity contribution in [3.05, 3.63) is 45.9 Å². The number of ether oxygens (including phenoxy) is 1. The molecular formula is C46H69N5O8S. The van der Waals surface area contributed by atoms with Crippen molar-refractivity contribution in [3.63, 3.8) is 0 Å². The fourth-order valence-electron chi connectivity index (χ4n) is 7.41. The number of unbranched alkanes of at least 4 members (excludes halogenated alkanes) is 1. The summed E-state index contributed by atoms with van der Waals surface area (Å²) < 4.78 is 5.87. The van der Waals surface area contributed by atoms with E-state index in [0.717, 1.165) is 48.4 Å². The summed E-state index contributed by atoms with van der Waals surface area (Å²) in [6, 6.07) is 6.63. The molecule has 1 unspecified atom stereocenters. The first kappa shape index (κ1) is 50.0. The number of nitrogens with one attached hydrogen (secondary N) is 3. The average molecular weight is 852 g/mol. The Morgan fingerprint density at radius 1 is 1.10 bits per heavy atom. The van der Waals surface area contributed by atoms with Gasteiger partial charge in [-0.1, -0.05) is 52.7 Å². The Morgan fingerprint density at radius 3 is 2.37 bits per heavy atom. The average Bonchev–Trinajstić information content (AvgIpc) is 3.69. The van der Waals surface area contributed by atoms with Gasteiger partial charge in [-0.3, -0.25) is 28.8 Å². The highest BCUT2D eigenvalue weighted by atomic mass is 32.1. The Hall–Kier alpha value is -4.32. The molecule has 1 aromatic heterocycles. The minimum Gasteiger partial charge on any atom is -0.481 e. The summed E-state index contributed by atoms with van der Waals surface area (Å²) in [5.74, 6) is -0.679. The topological polar surface area (TPSA) is 176 Å². The van der Waals surface area contributed by atoms with E-state index in [1.165, 1.54) is 12.0 Å². The number of ketones is 1.